The molecule has 2 aromatic rings. The van der Waals surface area contributed by atoms with Crippen LogP contribution in [-0.2, 0) is 11.2 Å². The molecule has 0 aliphatic rings. The van der Waals surface area contributed by atoms with E-state index in [4.69, 9.17) is 27.3 Å². The second kappa shape index (κ2) is 9.15. The van der Waals surface area contributed by atoms with Gasteiger partial charge >= 0.3 is 5.97 Å². The minimum absolute atomic E-state index is 0.0438. The van der Waals surface area contributed by atoms with Crippen LogP contribution in [-0.4, -0.2) is 24.6 Å². The summed E-state index contributed by atoms with van der Waals surface area (Å²) in [6, 6.07) is 4.72. The van der Waals surface area contributed by atoms with Gasteiger partial charge in [-0.15, -0.1) is 6.58 Å². The molecule has 0 unspecified atom stereocenters. The van der Waals surface area contributed by atoms with Gasteiger partial charge in [-0.3, -0.25) is 0 Å². The highest BCUT2D eigenvalue weighted by Crippen LogP contribution is 2.36. The lowest BCUT2D eigenvalue weighted by Crippen LogP contribution is -2.13. The molecule has 0 saturated carbocycles. The summed E-state index contributed by atoms with van der Waals surface area (Å²) in [6.07, 6.45) is 1.95. The molecule has 0 aliphatic heterocycles. The fraction of sp³-hybridized carbons (Fsp3) is 0.211. The van der Waals surface area contributed by atoms with Gasteiger partial charge in [0.2, 0.25) is 0 Å². The summed E-state index contributed by atoms with van der Waals surface area (Å²) in [5.41, 5.74) is 4.70. The lowest BCUT2D eigenvalue weighted by Gasteiger charge is -2.15. The highest BCUT2D eigenvalue weighted by molar-refractivity contribution is 6.35. The molecule has 0 radical (unpaired) electrons. The number of benzene rings is 1. The molecule has 0 atom stereocenters. The van der Waals surface area contributed by atoms with Crippen LogP contribution in [0.15, 0.2) is 24.8 Å². The van der Waals surface area contributed by atoms with Crippen LogP contribution in [0.2, 0.25) is 5.02 Å². The molecule has 146 valence electrons. The summed E-state index contributed by atoms with van der Waals surface area (Å²) in [5, 5.41) is 10.8. The van der Waals surface area contributed by atoms with Crippen molar-refractivity contribution in [1.82, 2.24) is 4.98 Å². The Morgan fingerprint density at radius 3 is 2.79 bits per heavy atom. The van der Waals surface area contributed by atoms with Gasteiger partial charge in [0.05, 0.1) is 28.9 Å². The van der Waals surface area contributed by atoms with Crippen molar-refractivity contribution in [3.05, 3.63) is 52.7 Å². The summed E-state index contributed by atoms with van der Waals surface area (Å²) in [7, 11) is 1.52. The molecule has 0 aliphatic carbocycles. The van der Waals surface area contributed by atoms with Crippen LogP contribution in [0, 0.1) is 23.0 Å². The third-order valence-electron chi connectivity index (χ3n) is 3.85. The van der Waals surface area contributed by atoms with Crippen LogP contribution in [0.1, 0.15) is 22.5 Å². The molecule has 1 aromatic heterocycles. The first-order valence-corrected chi connectivity index (χ1v) is 8.54. The third kappa shape index (κ3) is 4.05. The molecule has 0 bridgehead atoms. The van der Waals surface area contributed by atoms with E-state index in [1.165, 1.54) is 13.1 Å². The van der Waals surface area contributed by atoms with Gasteiger partial charge in [-0.05, 0) is 18.1 Å². The quantitative estimate of drug-likeness (QED) is 0.408. The van der Waals surface area contributed by atoms with Crippen LogP contribution >= 0.6 is 11.6 Å². The minimum Gasteiger partial charge on any atom is -0.460 e. The largest absolute Gasteiger partial charge is 0.460 e. The molecule has 2 rings (SSSR count). The summed E-state index contributed by atoms with van der Waals surface area (Å²) < 4.78 is 34.6. The second-order valence-corrected chi connectivity index (χ2v) is 5.98. The number of nitrogens with one attached hydrogen (secondary N) is 1. The van der Waals surface area contributed by atoms with E-state index in [0.717, 1.165) is 0 Å². The number of nitrogen functional groups attached to an aromatic ring is 1. The highest BCUT2D eigenvalue weighted by atomic mass is 35.5. The van der Waals surface area contributed by atoms with Crippen molar-refractivity contribution in [2.75, 3.05) is 24.7 Å². The highest BCUT2D eigenvalue weighted by Gasteiger charge is 2.25. The van der Waals surface area contributed by atoms with E-state index in [1.807, 2.05) is 0 Å². The van der Waals surface area contributed by atoms with E-state index in [9.17, 15) is 9.18 Å². The zero-order chi connectivity index (χ0) is 20.8. The van der Waals surface area contributed by atoms with E-state index < -0.39 is 39.7 Å². The molecule has 1 aromatic carbocycles. The van der Waals surface area contributed by atoms with Crippen molar-refractivity contribution < 1.29 is 18.3 Å². The fourth-order valence-corrected chi connectivity index (χ4v) is 2.73. The van der Waals surface area contributed by atoms with Gasteiger partial charge in [-0.25, -0.2) is 18.6 Å². The van der Waals surface area contributed by atoms with Gasteiger partial charge in [0.1, 0.15) is 12.3 Å². The Kier molecular flexibility index (Phi) is 6.90. The van der Waals surface area contributed by atoms with Crippen LogP contribution < -0.4 is 11.1 Å². The number of hydrogen-bond donors (Lipinski definition) is 2. The van der Waals surface area contributed by atoms with Crippen LogP contribution in [0.5, 0.6) is 0 Å². The topological polar surface area (TPSA) is 101 Å². The molecular weight excluding hydrogens is 390 g/mol. The first-order valence-electron chi connectivity index (χ1n) is 8.16. The van der Waals surface area contributed by atoms with E-state index in [1.54, 1.807) is 18.2 Å². The second-order valence-electron chi connectivity index (χ2n) is 5.60. The van der Waals surface area contributed by atoms with Crippen molar-refractivity contribution in [1.29, 1.82) is 5.26 Å². The number of halogens is 3. The number of rotatable bonds is 7. The van der Waals surface area contributed by atoms with Gasteiger partial charge in [0.15, 0.2) is 17.3 Å². The van der Waals surface area contributed by atoms with Gasteiger partial charge < -0.3 is 15.8 Å². The Labute approximate surface area is 165 Å². The molecule has 0 amide bonds. The minimum atomic E-state index is -1.06. The van der Waals surface area contributed by atoms with Gasteiger partial charge in [0, 0.05) is 12.6 Å². The molecule has 0 saturated heterocycles. The number of anilines is 2. The first kappa shape index (κ1) is 21.1. The Morgan fingerprint density at radius 1 is 1.46 bits per heavy atom. The van der Waals surface area contributed by atoms with Crippen LogP contribution in [0.4, 0.5) is 20.2 Å². The number of carbonyl (C=O) groups excluding carboxylic acids is 1. The number of aromatic nitrogens is 1. The van der Waals surface area contributed by atoms with Crippen molar-refractivity contribution in [2.45, 2.75) is 12.8 Å². The van der Waals surface area contributed by atoms with E-state index in [-0.39, 0.29) is 24.3 Å². The number of nitrogens with zero attached hydrogens (tertiary/aromatic N) is 2. The summed E-state index contributed by atoms with van der Waals surface area (Å²) in [5.74, 6) is -2.82. The zero-order valence-corrected chi connectivity index (χ0v) is 15.7. The van der Waals surface area contributed by atoms with Crippen molar-refractivity contribution >= 4 is 28.9 Å². The lowest BCUT2D eigenvalue weighted by atomic mass is 10.0. The lowest BCUT2D eigenvalue weighted by molar-refractivity contribution is 0.0507. The van der Waals surface area contributed by atoms with E-state index >= 15 is 4.39 Å². The number of carbonyl (C=O) groups is 1. The molecule has 1 heterocycles. The van der Waals surface area contributed by atoms with Gasteiger partial charge in [0.25, 0.3) is 0 Å². The Balaban J connectivity index is 2.62. The Bertz CT molecular complexity index is 974. The number of nitriles is 1. The van der Waals surface area contributed by atoms with Crippen LogP contribution in [0.3, 0.4) is 0 Å². The summed E-state index contributed by atoms with van der Waals surface area (Å²) in [4.78, 5) is 16.0. The van der Waals surface area contributed by atoms with Gasteiger partial charge in [-0.2, -0.15) is 5.26 Å². The number of nitrogens with two attached hydrogens (primary N) is 1. The predicted molar refractivity (Wildman–Crippen MR) is 103 cm³/mol. The maximum atomic E-state index is 15.0. The van der Waals surface area contributed by atoms with E-state index in [2.05, 4.69) is 16.9 Å². The predicted octanol–water partition coefficient (Wildman–Crippen LogP) is 4.10. The smallest absolute Gasteiger partial charge is 0.358 e. The zero-order valence-electron chi connectivity index (χ0n) is 15.0. The fourth-order valence-electron chi connectivity index (χ4n) is 2.53. The van der Waals surface area contributed by atoms with Crippen molar-refractivity contribution in [3.63, 3.8) is 0 Å². The number of ether oxygens (including phenoxy) is 1. The van der Waals surface area contributed by atoms with Crippen LogP contribution in [0.25, 0.3) is 11.3 Å². The normalized spacial score (nSPS) is 10.2. The standard InChI is InChI=1S/C19H17ClF2N4O2/c1-3-5-10-6-7-11(13(21)16(10)25-2)17-14(22)15(24)12(20)18(26-17)19(27)28-9-4-8-23/h3,6-7,25H,1,4-5,9H2,2H3,(H2,24,26). The third-order valence-corrected chi connectivity index (χ3v) is 4.23. The number of allylic oxidation sites excluding steroid dienone is 1. The monoisotopic (exact) mass is 406 g/mol. The Hall–Kier alpha value is -3.18. The van der Waals surface area contributed by atoms with Gasteiger partial charge in [-0.1, -0.05) is 23.7 Å². The number of hydrogen-bond acceptors (Lipinski definition) is 6. The number of esters is 1. The molecule has 0 fully saturated rings. The van der Waals surface area contributed by atoms with E-state index in [0.29, 0.717) is 12.0 Å². The average Bonchev–Trinajstić information content (AvgIpc) is 2.68. The molecule has 0 spiro atoms. The average molecular weight is 407 g/mol. The molecule has 28 heavy (non-hydrogen) atoms. The Morgan fingerprint density at radius 2 is 2.18 bits per heavy atom. The van der Waals surface area contributed by atoms with Crippen molar-refractivity contribution in [2.24, 2.45) is 0 Å². The summed E-state index contributed by atoms with van der Waals surface area (Å²) >= 11 is 5.92. The summed E-state index contributed by atoms with van der Waals surface area (Å²) in [6.45, 7) is 3.41. The van der Waals surface area contributed by atoms with Crippen molar-refractivity contribution in [3.8, 4) is 17.3 Å². The maximum Gasteiger partial charge on any atom is 0.358 e. The number of pyridine rings is 1. The SMILES string of the molecule is C=CCc1ccc(-c2nc(C(=O)OCCC#N)c(Cl)c(N)c2F)c(F)c1NC. The molecular formula is C19H17ClF2N4O2. The maximum absolute atomic E-state index is 15.0. The molecule has 3 N–H and O–H groups in total. The molecule has 6 nitrogen and oxygen atoms in total. The first-order chi connectivity index (χ1) is 13.4. The molecule has 9 heteroatoms.